The number of piperidine rings is 1. The Morgan fingerprint density at radius 1 is 0.966 bits per heavy atom. The summed E-state index contributed by atoms with van der Waals surface area (Å²) in [5.41, 5.74) is 6.74. The fourth-order valence-corrected chi connectivity index (χ4v) is 5.06. The van der Waals surface area contributed by atoms with Crippen molar-refractivity contribution < 1.29 is 9.53 Å². The third kappa shape index (κ3) is 3.80. The molecule has 3 nitrogen and oxygen atoms in total. The molecule has 3 aliphatic rings. The first-order valence-corrected chi connectivity index (χ1v) is 11.2. The van der Waals surface area contributed by atoms with Crippen molar-refractivity contribution in [2.45, 2.75) is 64.4 Å². The number of likely N-dealkylation sites (tertiary alicyclic amines) is 1. The van der Waals surface area contributed by atoms with Crippen molar-refractivity contribution in [2.24, 2.45) is 5.92 Å². The van der Waals surface area contributed by atoms with E-state index in [0.717, 1.165) is 57.4 Å². The Bertz CT molecular complexity index is 922. The van der Waals surface area contributed by atoms with Crippen LogP contribution >= 0.6 is 0 Å². The van der Waals surface area contributed by atoms with Gasteiger partial charge in [0.1, 0.15) is 11.9 Å². The lowest BCUT2D eigenvalue weighted by molar-refractivity contribution is -0.133. The Hall–Kier alpha value is -2.29. The van der Waals surface area contributed by atoms with Crippen LogP contribution < -0.4 is 4.74 Å². The van der Waals surface area contributed by atoms with Gasteiger partial charge in [-0.1, -0.05) is 35.9 Å². The molecule has 0 N–H and O–H groups in total. The standard InChI is InChI=1S/C26H31NO2/c1-17-3-8-23-22(15-17)7-10-25(23)29-24-9-6-21(16-18(24)2)19-11-13-27(14-12-19)26(28)20-4-5-20/h3,6,8-9,15-16,19-20,25H,4-5,7,10-14H2,1-2H3. The van der Waals surface area contributed by atoms with Gasteiger partial charge in [-0.2, -0.15) is 0 Å². The van der Waals surface area contributed by atoms with E-state index in [1.54, 1.807) is 0 Å². The molecule has 1 heterocycles. The average Bonchev–Trinajstić information content (AvgIpc) is 3.51. The normalized spacial score (nSPS) is 21.9. The molecule has 29 heavy (non-hydrogen) atoms. The molecule has 5 rings (SSSR count). The van der Waals surface area contributed by atoms with Gasteiger partial charge >= 0.3 is 0 Å². The Balaban J connectivity index is 1.24. The molecule has 0 bridgehead atoms. The van der Waals surface area contributed by atoms with Crippen LogP contribution in [-0.2, 0) is 11.2 Å². The number of ether oxygens (including phenoxy) is 1. The number of hydrogen-bond acceptors (Lipinski definition) is 2. The molecule has 2 fully saturated rings. The van der Waals surface area contributed by atoms with Gasteiger partial charge in [-0.25, -0.2) is 0 Å². The number of hydrogen-bond donors (Lipinski definition) is 0. The SMILES string of the molecule is Cc1ccc2c(c1)CCC2Oc1ccc(C2CCN(C(=O)C3CC3)CC2)cc1C. The highest BCUT2D eigenvalue weighted by Gasteiger charge is 2.35. The minimum Gasteiger partial charge on any atom is -0.485 e. The summed E-state index contributed by atoms with van der Waals surface area (Å²) in [4.78, 5) is 14.4. The van der Waals surface area contributed by atoms with Gasteiger partial charge in [-0.05, 0) is 86.6 Å². The second kappa shape index (κ2) is 7.51. The fraction of sp³-hybridized carbons (Fsp3) is 0.500. The Morgan fingerprint density at radius 2 is 1.76 bits per heavy atom. The second-order valence-electron chi connectivity index (χ2n) is 9.25. The molecule has 2 aromatic rings. The van der Waals surface area contributed by atoms with Crippen LogP contribution in [-0.4, -0.2) is 23.9 Å². The molecule has 1 atom stereocenters. The van der Waals surface area contributed by atoms with Crippen molar-refractivity contribution in [2.75, 3.05) is 13.1 Å². The van der Waals surface area contributed by atoms with Crippen molar-refractivity contribution >= 4 is 5.91 Å². The number of nitrogens with zero attached hydrogens (tertiary/aromatic N) is 1. The molecule has 0 radical (unpaired) electrons. The molecule has 1 aliphatic heterocycles. The van der Waals surface area contributed by atoms with E-state index in [1.165, 1.54) is 27.8 Å². The van der Waals surface area contributed by atoms with Crippen molar-refractivity contribution in [3.05, 3.63) is 64.2 Å². The highest BCUT2D eigenvalue weighted by atomic mass is 16.5. The quantitative estimate of drug-likeness (QED) is 0.692. The van der Waals surface area contributed by atoms with Gasteiger partial charge in [0, 0.05) is 19.0 Å². The third-order valence-corrected chi connectivity index (χ3v) is 6.99. The summed E-state index contributed by atoms with van der Waals surface area (Å²) in [5.74, 6) is 2.31. The highest BCUT2D eigenvalue weighted by Crippen LogP contribution is 2.38. The number of fused-ring (bicyclic) bond motifs is 1. The number of amides is 1. The summed E-state index contributed by atoms with van der Waals surface area (Å²) in [6.45, 7) is 6.14. The van der Waals surface area contributed by atoms with Crippen LogP contribution in [0.25, 0.3) is 0 Å². The number of rotatable bonds is 4. The first-order valence-electron chi connectivity index (χ1n) is 11.2. The van der Waals surface area contributed by atoms with E-state index in [4.69, 9.17) is 4.74 Å². The smallest absolute Gasteiger partial charge is 0.225 e. The summed E-state index contributed by atoms with van der Waals surface area (Å²) in [6, 6.07) is 13.5. The summed E-state index contributed by atoms with van der Waals surface area (Å²) < 4.78 is 6.44. The molecule has 0 spiro atoms. The maximum absolute atomic E-state index is 12.3. The number of aryl methyl sites for hydroxylation is 3. The molecule has 1 saturated heterocycles. The predicted molar refractivity (Wildman–Crippen MR) is 115 cm³/mol. The molecule has 152 valence electrons. The van der Waals surface area contributed by atoms with Crippen LogP contribution in [0.15, 0.2) is 36.4 Å². The Labute approximate surface area is 174 Å². The summed E-state index contributed by atoms with van der Waals surface area (Å²) in [5, 5.41) is 0. The fourth-order valence-electron chi connectivity index (χ4n) is 5.06. The molecule has 1 saturated carbocycles. The van der Waals surface area contributed by atoms with Gasteiger partial charge in [0.25, 0.3) is 0 Å². The van der Waals surface area contributed by atoms with Crippen molar-refractivity contribution in [3.8, 4) is 5.75 Å². The van der Waals surface area contributed by atoms with Crippen LogP contribution in [0.1, 0.15) is 71.9 Å². The average molecular weight is 390 g/mol. The Kier molecular flexibility index (Phi) is 4.85. The summed E-state index contributed by atoms with van der Waals surface area (Å²) in [6.07, 6.45) is 6.70. The van der Waals surface area contributed by atoms with Crippen LogP contribution in [0.5, 0.6) is 5.75 Å². The molecule has 1 unspecified atom stereocenters. The van der Waals surface area contributed by atoms with Crippen LogP contribution in [0, 0.1) is 19.8 Å². The molecule has 3 heteroatoms. The molecular weight excluding hydrogens is 358 g/mol. The lowest BCUT2D eigenvalue weighted by atomic mass is 9.88. The molecule has 1 amide bonds. The highest BCUT2D eigenvalue weighted by molar-refractivity contribution is 5.81. The minimum atomic E-state index is 0.173. The van der Waals surface area contributed by atoms with E-state index in [-0.39, 0.29) is 6.10 Å². The van der Waals surface area contributed by atoms with Gasteiger partial charge < -0.3 is 9.64 Å². The van der Waals surface area contributed by atoms with Crippen molar-refractivity contribution in [1.29, 1.82) is 0 Å². The minimum absolute atomic E-state index is 0.173. The number of carbonyl (C=O) groups excluding carboxylic acids is 1. The second-order valence-corrected chi connectivity index (χ2v) is 9.25. The zero-order valence-corrected chi connectivity index (χ0v) is 17.6. The van der Waals surface area contributed by atoms with Gasteiger partial charge in [-0.3, -0.25) is 4.79 Å². The van der Waals surface area contributed by atoms with E-state index >= 15 is 0 Å². The van der Waals surface area contributed by atoms with E-state index in [1.807, 2.05) is 0 Å². The molecular formula is C26H31NO2. The molecule has 2 aliphatic carbocycles. The first kappa shape index (κ1) is 18.7. The van der Waals surface area contributed by atoms with Gasteiger partial charge in [-0.15, -0.1) is 0 Å². The van der Waals surface area contributed by atoms with Crippen LogP contribution in [0.2, 0.25) is 0 Å². The van der Waals surface area contributed by atoms with Crippen LogP contribution in [0.3, 0.4) is 0 Å². The van der Waals surface area contributed by atoms with Gasteiger partial charge in [0.15, 0.2) is 0 Å². The predicted octanol–water partition coefficient (Wildman–Crippen LogP) is 5.49. The maximum Gasteiger partial charge on any atom is 0.225 e. The zero-order chi connectivity index (χ0) is 20.0. The van der Waals surface area contributed by atoms with E-state index in [2.05, 4.69) is 55.1 Å². The zero-order valence-electron chi connectivity index (χ0n) is 17.6. The molecule has 2 aromatic carbocycles. The Morgan fingerprint density at radius 3 is 2.48 bits per heavy atom. The van der Waals surface area contributed by atoms with E-state index in [0.29, 0.717) is 17.7 Å². The van der Waals surface area contributed by atoms with Crippen molar-refractivity contribution in [1.82, 2.24) is 4.90 Å². The summed E-state index contributed by atoms with van der Waals surface area (Å²) >= 11 is 0. The first-order chi connectivity index (χ1) is 14.1. The van der Waals surface area contributed by atoms with E-state index in [9.17, 15) is 4.79 Å². The van der Waals surface area contributed by atoms with Gasteiger partial charge in [0.2, 0.25) is 5.91 Å². The molecule has 0 aromatic heterocycles. The monoisotopic (exact) mass is 389 g/mol. The van der Waals surface area contributed by atoms with E-state index < -0.39 is 0 Å². The third-order valence-electron chi connectivity index (χ3n) is 6.99. The number of carbonyl (C=O) groups is 1. The number of benzene rings is 2. The largest absolute Gasteiger partial charge is 0.485 e. The van der Waals surface area contributed by atoms with Gasteiger partial charge in [0.05, 0.1) is 0 Å². The topological polar surface area (TPSA) is 29.5 Å². The lowest BCUT2D eigenvalue weighted by Crippen LogP contribution is -2.38. The maximum atomic E-state index is 12.3. The lowest BCUT2D eigenvalue weighted by Gasteiger charge is -2.32. The summed E-state index contributed by atoms with van der Waals surface area (Å²) in [7, 11) is 0. The van der Waals surface area contributed by atoms with Crippen molar-refractivity contribution in [3.63, 3.8) is 0 Å². The van der Waals surface area contributed by atoms with Crippen LogP contribution in [0.4, 0.5) is 0 Å².